The van der Waals surface area contributed by atoms with E-state index in [4.69, 9.17) is 0 Å². The van der Waals surface area contributed by atoms with Gasteiger partial charge >= 0.3 is 6.18 Å². The molecule has 1 N–H and O–H groups in total. The lowest BCUT2D eigenvalue weighted by atomic mass is 10.0. The van der Waals surface area contributed by atoms with E-state index in [0.717, 1.165) is 23.8 Å². The summed E-state index contributed by atoms with van der Waals surface area (Å²) in [6, 6.07) is 1.09. The summed E-state index contributed by atoms with van der Waals surface area (Å²) < 4.78 is 39.6. The third-order valence-corrected chi connectivity index (χ3v) is 4.51. The van der Waals surface area contributed by atoms with Crippen molar-refractivity contribution in [2.24, 2.45) is 0 Å². The van der Waals surface area contributed by atoms with Gasteiger partial charge < -0.3 is 10.2 Å². The highest BCUT2D eigenvalue weighted by Crippen LogP contribution is 2.27. The molecular formula is C16H21F3N6O. The molecule has 2 unspecified atom stereocenters. The van der Waals surface area contributed by atoms with Crippen LogP contribution in [-0.4, -0.2) is 49.0 Å². The Morgan fingerprint density at radius 1 is 1.35 bits per heavy atom. The molecule has 0 radical (unpaired) electrons. The molecule has 26 heavy (non-hydrogen) atoms. The first-order chi connectivity index (χ1) is 12.2. The van der Waals surface area contributed by atoms with Gasteiger partial charge in [-0.2, -0.15) is 22.7 Å². The molecule has 2 atom stereocenters. The average Bonchev–Trinajstić information content (AvgIpc) is 2.99. The maximum atomic E-state index is 12.9. The van der Waals surface area contributed by atoms with Crippen molar-refractivity contribution < 1.29 is 18.0 Å². The van der Waals surface area contributed by atoms with Crippen LogP contribution in [0.5, 0.6) is 0 Å². The van der Waals surface area contributed by atoms with Gasteiger partial charge in [-0.1, -0.05) is 0 Å². The summed E-state index contributed by atoms with van der Waals surface area (Å²) in [4.78, 5) is 22.0. The van der Waals surface area contributed by atoms with Crippen molar-refractivity contribution in [1.82, 2.24) is 24.5 Å². The molecule has 1 amide bonds. The van der Waals surface area contributed by atoms with Crippen LogP contribution in [0.15, 0.2) is 6.07 Å². The van der Waals surface area contributed by atoms with Crippen molar-refractivity contribution in [3.8, 4) is 0 Å². The lowest BCUT2D eigenvalue weighted by Crippen LogP contribution is -2.48. The number of carbonyl (C=O) groups is 1. The highest BCUT2D eigenvalue weighted by Gasteiger charge is 2.37. The third-order valence-electron chi connectivity index (χ3n) is 4.51. The number of carbonyl (C=O) groups excluding carboxylic acids is 1. The van der Waals surface area contributed by atoms with Crippen molar-refractivity contribution in [3.63, 3.8) is 0 Å². The number of rotatable bonds is 3. The molecule has 0 aromatic carbocycles. The van der Waals surface area contributed by atoms with Gasteiger partial charge in [-0.05, 0) is 40.0 Å². The van der Waals surface area contributed by atoms with Crippen molar-refractivity contribution >= 4 is 17.5 Å². The SMILES string of the molecule is Cc1cc(NC(C)C(=O)N2CCCCC2C)n2nc(C(F)(F)F)nc2n1. The summed E-state index contributed by atoms with van der Waals surface area (Å²) >= 11 is 0. The zero-order chi connectivity index (χ0) is 19.1. The third kappa shape index (κ3) is 3.58. The van der Waals surface area contributed by atoms with Crippen LogP contribution < -0.4 is 5.32 Å². The normalized spacial score (nSPS) is 19.6. The zero-order valence-corrected chi connectivity index (χ0v) is 14.8. The smallest absolute Gasteiger partial charge is 0.358 e. The van der Waals surface area contributed by atoms with E-state index in [1.54, 1.807) is 19.9 Å². The number of nitrogens with one attached hydrogen (secondary N) is 1. The number of aryl methyl sites for hydroxylation is 1. The van der Waals surface area contributed by atoms with Gasteiger partial charge in [0.05, 0.1) is 0 Å². The van der Waals surface area contributed by atoms with Crippen LogP contribution in [0.2, 0.25) is 0 Å². The fourth-order valence-corrected chi connectivity index (χ4v) is 3.17. The second-order valence-corrected chi connectivity index (χ2v) is 6.67. The van der Waals surface area contributed by atoms with E-state index in [1.165, 1.54) is 0 Å². The standard InChI is InChI=1S/C16H21F3N6O/c1-9-8-12(25-15(20-9)22-14(23-25)16(17,18)19)21-11(3)13(26)24-7-5-4-6-10(24)2/h8,10-11,21H,4-7H2,1-3H3. The van der Waals surface area contributed by atoms with Crippen molar-refractivity contribution in [2.75, 3.05) is 11.9 Å². The molecule has 1 aliphatic heterocycles. The Morgan fingerprint density at radius 3 is 2.73 bits per heavy atom. The molecule has 0 saturated carbocycles. The highest BCUT2D eigenvalue weighted by molar-refractivity contribution is 5.84. The van der Waals surface area contributed by atoms with E-state index in [1.807, 2.05) is 11.8 Å². The molecular weight excluding hydrogens is 349 g/mol. The molecule has 1 fully saturated rings. The van der Waals surface area contributed by atoms with Crippen LogP contribution in [-0.2, 0) is 11.0 Å². The maximum absolute atomic E-state index is 12.9. The molecule has 1 saturated heterocycles. The first-order valence-corrected chi connectivity index (χ1v) is 8.55. The Labute approximate surface area is 148 Å². The Hall–Kier alpha value is -2.39. The molecule has 2 aromatic rings. The van der Waals surface area contributed by atoms with Gasteiger partial charge in [0, 0.05) is 24.3 Å². The quantitative estimate of drug-likeness (QED) is 0.899. The first-order valence-electron chi connectivity index (χ1n) is 8.55. The Bertz CT molecular complexity index is 818. The summed E-state index contributed by atoms with van der Waals surface area (Å²) in [5.41, 5.74) is 0.479. The van der Waals surface area contributed by atoms with Crippen LogP contribution in [0.3, 0.4) is 0 Å². The van der Waals surface area contributed by atoms with Gasteiger partial charge in [-0.3, -0.25) is 4.79 Å². The molecule has 3 rings (SSSR count). The first kappa shape index (κ1) is 18.4. The van der Waals surface area contributed by atoms with Crippen LogP contribution >= 0.6 is 0 Å². The molecule has 0 spiro atoms. The van der Waals surface area contributed by atoms with Gasteiger partial charge in [-0.15, -0.1) is 5.10 Å². The summed E-state index contributed by atoms with van der Waals surface area (Å²) in [6.07, 6.45) is -1.66. The largest absolute Gasteiger partial charge is 0.453 e. The van der Waals surface area contributed by atoms with E-state index in [0.29, 0.717) is 12.2 Å². The lowest BCUT2D eigenvalue weighted by Gasteiger charge is -2.35. The molecule has 7 nitrogen and oxygen atoms in total. The predicted octanol–water partition coefficient (Wildman–Crippen LogP) is 2.65. The van der Waals surface area contributed by atoms with E-state index in [2.05, 4.69) is 20.4 Å². The summed E-state index contributed by atoms with van der Waals surface area (Å²) in [5.74, 6) is -1.26. The molecule has 3 heterocycles. The van der Waals surface area contributed by atoms with Crippen LogP contribution in [0, 0.1) is 6.92 Å². The number of halogens is 3. The minimum atomic E-state index is -4.66. The van der Waals surface area contributed by atoms with E-state index >= 15 is 0 Å². The molecule has 0 aliphatic carbocycles. The van der Waals surface area contributed by atoms with Crippen molar-refractivity contribution in [3.05, 3.63) is 17.6 Å². The molecule has 1 aliphatic rings. The summed E-state index contributed by atoms with van der Waals surface area (Å²) in [5, 5.41) is 6.47. The Balaban J connectivity index is 1.87. The summed E-state index contributed by atoms with van der Waals surface area (Å²) in [7, 11) is 0. The molecule has 10 heteroatoms. The van der Waals surface area contributed by atoms with E-state index < -0.39 is 18.0 Å². The number of hydrogen-bond donors (Lipinski definition) is 1. The minimum Gasteiger partial charge on any atom is -0.358 e. The number of likely N-dealkylation sites (tertiary alicyclic amines) is 1. The van der Waals surface area contributed by atoms with Crippen LogP contribution in [0.25, 0.3) is 5.78 Å². The average molecular weight is 370 g/mol. The lowest BCUT2D eigenvalue weighted by molar-refractivity contribution is -0.144. The Morgan fingerprint density at radius 2 is 2.08 bits per heavy atom. The zero-order valence-electron chi connectivity index (χ0n) is 14.8. The van der Waals surface area contributed by atoms with E-state index in [-0.39, 0.29) is 23.5 Å². The monoisotopic (exact) mass is 370 g/mol. The predicted molar refractivity (Wildman–Crippen MR) is 88.6 cm³/mol. The number of hydrogen-bond acceptors (Lipinski definition) is 5. The van der Waals surface area contributed by atoms with Gasteiger partial charge in [0.25, 0.3) is 11.6 Å². The number of amides is 1. The van der Waals surface area contributed by atoms with Crippen LogP contribution in [0.4, 0.5) is 19.0 Å². The second kappa shape index (κ2) is 6.73. The van der Waals surface area contributed by atoms with E-state index in [9.17, 15) is 18.0 Å². The molecule has 0 bridgehead atoms. The number of fused-ring (bicyclic) bond motifs is 1. The fraction of sp³-hybridized carbons (Fsp3) is 0.625. The minimum absolute atomic E-state index is 0.0871. The number of piperidine rings is 1. The Kier molecular flexibility index (Phi) is 4.76. The highest BCUT2D eigenvalue weighted by atomic mass is 19.4. The van der Waals surface area contributed by atoms with Crippen molar-refractivity contribution in [2.45, 2.75) is 58.3 Å². The number of alkyl halides is 3. The van der Waals surface area contributed by atoms with Crippen molar-refractivity contribution in [1.29, 1.82) is 0 Å². The fourth-order valence-electron chi connectivity index (χ4n) is 3.17. The van der Waals surface area contributed by atoms with Gasteiger partial charge in [-0.25, -0.2) is 4.98 Å². The topological polar surface area (TPSA) is 75.4 Å². The molecule has 2 aromatic heterocycles. The van der Waals surface area contributed by atoms with Gasteiger partial charge in [0.15, 0.2) is 0 Å². The summed E-state index contributed by atoms with van der Waals surface area (Å²) in [6.45, 7) is 6.03. The number of anilines is 1. The van der Waals surface area contributed by atoms with Crippen LogP contribution in [0.1, 0.15) is 44.6 Å². The number of aromatic nitrogens is 4. The maximum Gasteiger partial charge on any atom is 0.453 e. The number of nitrogens with zero attached hydrogens (tertiary/aromatic N) is 5. The second-order valence-electron chi connectivity index (χ2n) is 6.67. The molecule has 142 valence electrons. The van der Waals surface area contributed by atoms with Gasteiger partial charge in [0.1, 0.15) is 11.9 Å². The van der Waals surface area contributed by atoms with Gasteiger partial charge in [0.2, 0.25) is 5.91 Å².